The van der Waals surface area contributed by atoms with Crippen molar-refractivity contribution in [3.63, 3.8) is 0 Å². The number of unbranched alkanes of at least 4 members (excludes halogenated alkanes) is 50. The molecule has 17 nitrogen and oxygen atoms in total. The fourth-order valence-electron chi connectivity index (χ4n) is 13.2. The fourth-order valence-corrected chi connectivity index (χ4v) is 14.7. The van der Waals surface area contributed by atoms with Crippen LogP contribution in [0.1, 0.15) is 447 Å². The summed E-state index contributed by atoms with van der Waals surface area (Å²) in [6.07, 6.45) is 65.3. The van der Waals surface area contributed by atoms with Gasteiger partial charge in [-0.3, -0.25) is 37.3 Å². The second-order valence-electron chi connectivity index (χ2n) is 31.8. The topological polar surface area (TPSA) is 237 Å². The van der Waals surface area contributed by atoms with Gasteiger partial charge in [0.1, 0.15) is 19.3 Å². The van der Waals surface area contributed by atoms with Gasteiger partial charge in [-0.15, -0.1) is 0 Å². The number of carbonyl (C=O) groups excluding carboxylic acids is 4. The number of ether oxygens (including phenoxy) is 4. The number of phosphoric ester groups is 2. The zero-order chi connectivity index (χ0) is 76.5. The number of aliphatic hydroxyl groups excluding tert-OH is 1. The van der Waals surface area contributed by atoms with Crippen LogP contribution in [-0.2, 0) is 65.4 Å². The van der Waals surface area contributed by atoms with E-state index in [0.29, 0.717) is 25.7 Å². The highest BCUT2D eigenvalue weighted by molar-refractivity contribution is 7.47. The lowest BCUT2D eigenvalue weighted by Gasteiger charge is -2.21. The van der Waals surface area contributed by atoms with E-state index in [4.69, 9.17) is 37.0 Å². The zero-order valence-electron chi connectivity index (χ0n) is 68.5. The first-order chi connectivity index (χ1) is 50.3. The second-order valence-corrected chi connectivity index (χ2v) is 34.7. The van der Waals surface area contributed by atoms with Gasteiger partial charge < -0.3 is 33.8 Å². The van der Waals surface area contributed by atoms with Crippen LogP contribution in [0, 0.1) is 17.8 Å². The minimum atomic E-state index is -4.97. The van der Waals surface area contributed by atoms with Crippen LogP contribution in [0.3, 0.4) is 0 Å². The van der Waals surface area contributed by atoms with Gasteiger partial charge in [0.2, 0.25) is 0 Å². The van der Waals surface area contributed by atoms with Crippen molar-refractivity contribution in [1.29, 1.82) is 0 Å². The molecule has 3 N–H and O–H groups in total. The Labute approximate surface area is 638 Å². The van der Waals surface area contributed by atoms with Crippen molar-refractivity contribution in [2.45, 2.75) is 465 Å². The van der Waals surface area contributed by atoms with Gasteiger partial charge in [0.05, 0.1) is 26.4 Å². The SMILES string of the molecule is CCCCCCCCCCCCCCCCCCCCC(=O)OC[C@H](COP(=O)(O)OC[C@@H](O)COP(=O)(O)OC[C@@H](COC(=O)CCCCCCCCC(C)CC)OC(=O)CCCCCCCCCCCCCCC(C)C)OC(=O)CCCCCCCCCCCCCCCCCCCCC(C)C. The summed E-state index contributed by atoms with van der Waals surface area (Å²) in [6.45, 7) is 12.0. The molecule has 0 radical (unpaired) electrons. The summed E-state index contributed by atoms with van der Waals surface area (Å²) in [4.78, 5) is 73.2. The third kappa shape index (κ3) is 76.8. The molecule has 19 heteroatoms. The van der Waals surface area contributed by atoms with Crippen molar-refractivity contribution in [3.05, 3.63) is 0 Å². The Morgan fingerprint density at radius 2 is 0.490 bits per heavy atom. The van der Waals surface area contributed by atoms with Crippen LogP contribution in [0.25, 0.3) is 0 Å². The van der Waals surface area contributed by atoms with E-state index < -0.39 is 97.5 Å². The molecular weight excluding hydrogens is 1350 g/mol. The summed E-state index contributed by atoms with van der Waals surface area (Å²) in [5.41, 5.74) is 0. The molecular formula is C85H166O17P2. The van der Waals surface area contributed by atoms with Gasteiger partial charge in [-0.25, -0.2) is 9.13 Å². The van der Waals surface area contributed by atoms with Gasteiger partial charge in [0.25, 0.3) is 0 Å². The van der Waals surface area contributed by atoms with Crippen LogP contribution >= 0.6 is 15.6 Å². The Balaban J connectivity index is 5.23. The summed E-state index contributed by atoms with van der Waals surface area (Å²) in [5, 5.41) is 10.7. The Bertz CT molecular complexity index is 2010. The standard InChI is InChI=1S/C85H166O17P2/c1-8-10-11-12-13-14-15-16-17-18-22-25-28-34-39-44-52-59-66-82(87)95-72-80(101-84(89)68-61-54-45-40-35-29-26-23-20-19-21-24-27-32-37-42-49-56-63-76(3)4)74-99-103(91,92)97-70-79(86)71-98-104(93,94)100-75-81(73-96-83(88)67-60-53-48-47-51-58-65-78(7)9-2)102-85(90)69-62-55-46-41-36-31-30-33-38-43-50-57-64-77(5)6/h76-81,86H,8-75H2,1-7H3,(H,91,92)(H,93,94)/t78?,79-,80-,81-/m1/s1. The minimum absolute atomic E-state index is 0.106. The Kier molecular flexibility index (Phi) is 73.7. The summed E-state index contributed by atoms with van der Waals surface area (Å²) in [5.74, 6) is 0.221. The lowest BCUT2D eigenvalue weighted by molar-refractivity contribution is -0.161. The Morgan fingerprint density at radius 1 is 0.279 bits per heavy atom. The van der Waals surface area contributed by atoms with Crippen LogP contribution < -0.4 is 0 Å². The van der Waals surface area contributed by atoms with Crippen LogP contribution in [0.5, 0.6) is 0 Å². The maximum absolute atomic E-state index is 13.1. The molecule has 0 aliphatic heterocycles. The maximum Gasteiger partial charge on any atom is 0.472 e. The molecule has 6 atom stereocenters. The first kappa shape index (κ1) is 102. The van der Waals surface area contributed by atoms with E-state index in [1.165, 1.54) is 250 Å². The predicted octanol–water partition coefficient (Wildman–Crippen LogP) is 25.7. The maximum atomic E-state index is 13.1. The molecule has 0 rings (SSSR count). The van der Waals surface area contributed by atoms with Gasteiger partial charge in [-0.2, -0.15) is 0 Å². The summed E-state index contributed by atoms with van der Waals surface area (Å²) < 4.78 is 68.8. The number of phosphoric acid groups is 2. The molecule has 3 unspecified atom stereocenters. The van der Waals surface area contributed by atoms with Crippen molar-refractivity contribution in [2.75, 3.05) is 39.6 Å². The Hall–Kier alpha value is -1.94. The van der Waals surface area contributed by atoms with Crippen LogP contribution in [0.4, 0.5) is 0 Å². The van der Waals surface area contributed by atoms with E-state index in [0.717, 1.165) is 114 Å². The third-order valence-electron chi connectivity index (χ3n) is 20.2. The van der Waals surface area contributed by atoms with E-state index in [1.54, 1.807) is 0 Å². The summed E-state index contributed by atoms with van der Waals surface area (Å²) in [7, 11) is -9.93. The highest BCUT2D eigenvalue weighted by Crippen LogP contribution is 2.45. The van der Waals surface area contributed by atoms with Gasteiger partial charge >= 0.3 is 39.5 Å². The quantitative estimate of drug-likeness (QED) is 0.0222. The number of hydrogen-bond donors (Lipinski definition) is 3. The average Bonchev–Trinajstić information content (AvgIpc) is 0.905. The molecule has 0 saturated carbocycles. The van der Waals surface area contributed by atoms with E-state index in [-0.39, 0.29) is 25.7 Å². The zero-order valence-corrected chi connectivity index (χ0v) is 70.3. The molecule has 618 valence electrons. The molecule has 104 heavy (non-hydrogen) atoms. The first-order valence-electron chi connectivity index (χ1n) is 43.9. The van der Waals surface area contributed by atoms with Gasteiger partial charge in [-0.1, -0.05) is 395 Å². The van der Waals surface area contributed by atoms with Gasteiger partial charge in [0.15, 0.2) is 12.2 Å². The predicted molar refractivity (Wildman–Crippen MR) is 428 cm³/mol. The van der Waals surface area contributed by atoms with Crippen molar-refractivity contribution >= 4 is 39.5 Å². The third-order valence-corrected chi connectivity index (χ3v) is 22.1. The normalized spacial score (nSPS) is 14.2. The summed E-state index contributed by atoms with van der Waals surface area (Å²) >= 11 is 0. The number of rotatable bonds is 83. The minimum Gasteiger partial charge on any atom is -0.462 e. The molecule has 0 bridgehead atoms. The van der Waals surface area contributed by atoms with E-state index >= 15 is 0 Å². The molecule has 0 aromatic heterocycles. The molecule has 0 fully saturated rings. The summed E-state index contributed by atoms with van der Waals surface area (Å²) in [6, 6.07) is 0. The number of hydrogen-bond acceptors (Lipinski definition) is 15. The highest BCUT2D eigenvalue weighted by atomic mass is 31.2. The van der Waals surface area contributed by atoms with E-state index in [1.807, 2.05) is 0 Å². The van der Waals surface area contributed by atoms with Crippen molar-refractivity contribution < 1.29 is 80.2 Å². The van der Waals surface area contributed by atoms with Crippen molar-refractivity contribution in [3.8, 4) is 0 Å². The molecule has 0 amide bonds. The fraction of sp³-hybridized carbons (Fsp3) is 0.953. The highest BCUT2D eigenvalue weighted by Gasteiger charge is 2.30. The molecule has 0 saturated heterocycles. The largest absolute Gasteiger partial charge is 0.472 e. The van der Waals surface area contributed by atoms with Crippen LogP contribution in [0.2, 0.25) is 0 Å². The number of carbonyl (C=O) groups is 4. The monoisotopic (exact) mass is 1520 g/mol. The number of esters is 4. The first-order valence-corrected chi connectivity index (χ1v) is 46.9. The van der Waals surface area contributed by atoms with Gasteiger partial charge in [-0.05, 0) is 43.4 Å². The van der Waals surface area contributed by atoms with E-state index in [2.05, 4.69) is 48.5 Å². The molecule has 0 aromatic rings. The van der Waals surface area contributed by atoms with Gasteiger partial charge in [0, 0.05) is 25.7 Å². The van der Waals surface area contributed by atoms with Crippen molar-refractivity contribution in [1.82, 2.24) is 0 Å². The molecule has 0 aliphatic carbocycles. The molecule has 0 heterocycles. The van der Waals surface area contributed by atoms with Crippen molar-refractivity contribution in [2.24, 2.45) is 17.8 Å². The lowest BCUT2D eigenvalue weighted by Crippen LogP contribution is -2.30. The van der Waals surface area contributed by atoms with Crippen LogP contribution in [-0.4, -0.2) is 96.7 Å². The van der Waals surface area contributed by atoms with Crippen LogP contribution in [0.15, 0.2) is 0 Å². The molecule has 0 aliphatic rings. The average molecular weight is 1520 g/mol. The second kappa shape index (κ2) is 75.1. The molecule has 0 spiro atoms. The smallest absolute Gasteiger partial charge is 0.462 e. The number of aliphatic hydroxyl groups is 1. The molecule has 0 aromatic carbocycles. The Morgan fingerprint density at radius 3 is 0.731 bits per heavy atom. The lowest BCUT2D eigenvalue weighted by atomic mass is 10.00. The van der Waals surface area contributed by atoms with E-state index in [9.17, 15) is 43.2 Å².